The SMILES string of the molecule is CN1CCCC(NC(=O)c2sc3nccc4c3c2NC(=O)N4Cc2ccc(Oc3ccccc3)cc2)C1. The molecule has 0 spiro atoms. The Labute approximate surface area is 218 Å². The molecule has 1 saturated heterocycles. The highest BCUT2D eigenvalue weighted by Gasteiger charge is 2.32. The lowest BCUT2D eigenvalue weighted by molar-refractivity contribution is 0.0917. The molecule has 2 N–H and O–H groups in total. The van der Waals surface area contributed by atoms with Gasteiger partial charge in [0.25, 0.3) is 5.91 Å². The molecule has 4 heterocycles. The maximum Gasteiger partial charge on any atom is 0.326 e. The molecule has 0 aliphatic carbocycles. The first-order valence-corrected chi connectivity index (χ1v) is 13.2. The second kappa shape index (κ2) is 9.84. The van der Waals surface area contributed by atoms with Gasteiger partial charge in [0.1, 0.15) is 21.2 Å². The van der Waals surface area contributed by atoms with Gasteiger partial charge in [-0.2, -0.15) is 0 Å². The van der Waals surface area contributed by atoms with Crippen molar-refractivity contribution in [1.29, 1.82) is 0 Å². The second-order valence-corrected chi connectivity index (χ2v) is 10.5. The van der Waals surface area contributed by atoms with E-state index in [-0.39, 0.29) is 18.0 Å². The molecule has 2 aromatic heterocycles. The van der Waals surface area contributed by atoms with Crippen LogP contribution in [0.5, 0.6) is 11.5 Å². The zero-order valence-corrected chi connectivity index (χ0v) is 21.3. The van der Waals surface area contributed by atoms with Crippen molar-refractivity contribution in [3.63, 3.8) is 0 Å². The van der Waals surface area contributed by atoms with Crippen molar-refractivity contribution in [2.24, 2.45) is 0 Å². The van der Waals surface area contributed by atoms with Crippen LogP contribution in [0.4, 0.5) is 16.2 Å². The highest BCUT2D eigenvalue weighted by molar-refractivity contribution is 7.21. The third-order valence-electron chi connectivity index (χ3n) is 6.75. The van der Waals surface area contributed by atoms with Gasteiger partial charge >= 0.3 is 6.03 Å². The number of carbonyl (C=O) groups is 2. The molecule has 8 nitrogen and oxygen atoms in total. The molecule has 1 unspecified atom stereocenters. The summed E-state index contributed by atoms with van der Waals surface area (Å²) in [6, 6.07) is 19.0. The lowest BCUT2D eigenvalue weighted by atomic mass is 10.1. The lowest BCUT2D eigenvalue weighted by Crippen LogP contribution is -2.46. The van der Waals surface area contributed by atoms with Crippen molar-refractivity contribution in [3.8, 4) is 11.5 Å². The van der Waals surface area contributed by atoms with E-state index < -0.39 is 0 Å². The summed E-state index contributed by atoms with van der Waals surface area (Å²) in [5, 5.41) is 6.94. The molecule has 6 rings (SSSR count). The number of nitrogens with zero attached hydrogens (tertiary/aromatic N) is 3. The van der Waals surface area contributed by atoms with Gasteiger partial charge in [0.15, 0.2) is 0 Å². The van der Waals surface area contributed by atoms with Crippen LogP contribution >= 0.6 is 11.3 Å². The Bertz CT molecular complexity index is 1450. The molecule has 1 fully saturated rings. The quantitative estimate of drug-likeness (QED) is 0.357. The molecule has 3 amide bonds. The fraction of sp³-hybridized carbons (Fsp3) is 0.250. The van der Waals surface area contributed by atoms with Gasteiger partial charge in [-0.3, -0.25) is 9.69 Å². The minimum Gasteiger partial charge on any atom is -0.457 e. The van der Waals surface area contributed by atoms with E-state index in [9.17, 15) is 9.59 Å². The Balaban J connectivity index is 1.23. The Morgan fingerprint density at radius 2 is 1.92 bits per heavy atom. The average molecular weight is 514 g/mol. The van der Waals surface area contributed by atoms with Crippen molar-refractivity contribution >= 4 is 44.9 Å². The van der Waals surface area contributed by atoms with E-state index in [1.54, 1.807) is 11.1 Å². The number of pyridine rings is 1. The predicted molar refractivity (Wildman–Crippen MR) is 146 cm³/mol. The first-order valence-electron chi connectivity index (χ1n) is 12.4. The number of nitrogens with one attached hydrogen (secondary N) is 2. The van der Waals surface area contributed by atoms with E-state index in [2.05, 4.69) is 27.6 Å². The van der Waals surface area contributed by atoms with Gasteiger partial charge in [-0.1, -0.05) is 30.3 Å². The number of urea groups is 1. The molecule has 0 bridgehead atoms. The molecule has 0 saturated carbocycles. The maximum atomic E-state index is 13.3. The van der Waals surface area contributed by atoms with Crippen LogP contribution in [0.15, 0.2) is 66.9 Å². The number of para-hydroxylation sites is 1. The number of thiophene rings is 1. The van der Waals surface area contributed by atoms with E-state index in [4.69, 9.17) is 4.74 Å². The first kappa shape index (κ1) is 23.4. The summed E-state index contributed by atoms with van der Waals surface area (Å²) < 4.78 is 5.88. The van der Waals surface area contributed by atoms with Gasteiger partial charge in [-0.05, 0) is 62.3 Å². The summed E-state index contributed by atoms with van der Waals surface area (Å²) in [7, 11) is 2.07. The average Bonchev–Trinajstić information content (AvgIpc) is 3.27. The molecule has 2 aliphatic heterocycles. The summed E-state index contributed by atoms with van der Waals surface area (Å²) in [5.41, 5.74) is 2.26. The number of benzene rings is 2. The number of hydrogen-bond acceptors (Lipinski definition) is 6. The lowest BCUT2D eigenvalue weighted by Gasteiger charge is -2.30. The summed E-state index contributed by atoms with van der Waals surface area (Å²) >= 11 is 1.32. The molecule has 2 aliphatic rings. The molecule has 37 heavy (non-hydrogen) atoms. The Kier molecular flexibility index (Phi) is 6.23. The van der Waals surface area contributed by atoms with Gasteiger partial charge in [-0.25, -0.2) is 9.78 Å². The largest absolute Gasteiger partial charge is 0.457 e. The zero-order valence-electron chi connectivity index (χ0n) is 20.4. The summed E-state index contributed by atoms with van der Waals surface area (Å²) in [4.78, 5) is 36.1. The number of hydrogen-bond donors (Lipinski definition) is 2. The normalized spacial score (nSPS) is 17.5. The first-order chi connectivity index (χ1) is 18.0. The van der Waals surface area contributed by atoms with Crippen LogP contribution in [0.3, 0.4) is 0 Å². The number of ether oxygens (including phenoxy) is 1. The van der Waals surface area contributed by atoms with Crippen molar-refractivity contribution in [2.45, 2.75) is 25.4 Å². The summed E-state index contributed by atoms with van der Waals surface area (Å²) in [5.74, 6) is 1.33. The number of amides is 3. The van der Waals surface area contributed by atoms with Gasteiger partial charge in [0.2, 0.25) is 0 Å². The second-order valence-electron chi connectivity index (χ2n) is 9.47. The Morgan fingerprint density at radius 3 is 2.70 bits per heavy atom. The van der Waals surface area contributed by atoms with Gasteiger partial charge in [0, 0.05) is 18.8 Å². The van der Waals surface area contributed by atoms with Crippen molar-refractivity contribution in [1.82, 2.24) is 15.2 Å². The topological polar surface area (TPSA) is 86.8 Å². The van der Waals surface area contributed by atoms with Crippen LogP contribution in [0.25, 0.3) is 10.2 Å². The van der Waals surface area contributed by atoms with Gasteiger partial charge < -0.3 is 20.3 Å². The highest BCUT2D eigenvalue weighted by atomic mass is 32.1. The zero-order chi connectivity index (χ0) is 25.4. The van der Waals surface area contributed by atoms with Gasteiger partial charge in [-0.15, -0.1) is 11.3 Å². The van der Waals surface area contributed by atoms with Gasteiger partial charge in [0.05, 0.1) is 23.3 Å². The number of rotatable bonds is 6. The molecule has 2 aromatic carbocycles. The molecular formula is C28H27N5O3S. The van der Waals surface area contributed by atoms with Crippen LogP contribution < -0.4 is 20.3 Å². The van der Waals surface area contributed by atoms with Crippen LogP contribution in [-0.2, 0) is 6.54 Å². The van der Waals surface area contributed by atoms with Crippen LogP contribution in [0.2, 0.25) is 0 Å². The standard InChI is InChI=1S/C28H27N5O3S/c1-32-15-5-6-19(17-32)30-26(34)25-24-23-22(13-14-29-27(23)37-25)33(28(35)31-24)16-18-9-11-21(12-10-18)36-20-7-3-2-4-8-20/h2-4,7-14,19H,5-6,15-17H2,1H3,(H,30,34)(H,31,35). The van der Waals surface area contributed by atoms with E-state index >= 15 is 0 Å². The van der Waals surface area contributed by atoms with Crippen molar-refractivity contribution in [2.75, 3.05) is 30.4 Å². The molecule has 0 radical (unpaired) electrons. The Hall–Kier alpha value is -3.95. The molecule has 188 valence electrons. The van der Waals surface area contributed by atoms with E-state index in [0.717, 1.165) is 58.9 Å². The smallest absolute Gasteiger partial charge is 0.326 e. The number of likely N-dealkylation sites (tertiary alicyclic amines) is 1. The van der Waals surface area contributed by atoms with E-state index in [1.165, 1.54) is 11.3 Å². The Morgan fingerprint density at radius 1 is 1.14 bits per heavy atom. The third kappa shape index (κ3) is 4.75. The monoisotopic (exact) mass is 513 g/mol. The summed E-state index contributed by atoms with van der Waals surface area (Å²) in [6.45, 7) is 2.25. The van der Waals surface area contributed by atoms with Crippen LogP contribution in [0, 0.1) is 0 Å². The molecule has 9 heteroatoms. The van der Waals surface area contributed by atoms with Crippen molar-refractivity contribution in [3.05, 3.63) is 77.3 Å². The number of likely N-dealkylation sites (N-methyl/N-ethyl adjacent to an activating group) is 1. The number of anilines is 2. The van der Waals surface area contributed by atoms with Crippen LogP contribution in [-0.4, -0.2) is 48.0 Å². The van der Waals surface area contributed by atoms with Crippen LogP contribution in [0.1, 0.15) is 28.1 Å². The highest BCUT2D eigenvalue weighted by Crippen LogP contribution is 2.44. The maximum absolute atomic E-state index is 13.3. The minimum atomic E-state index is -0.269. The molecule has 4 aromatic rings. The fourth-order valence-electron chi connectivity index (χ4n) is 4.96. The molecule has 1 atom stereocenters. The van der Waals surface area contributed by atoms with Crippen molar-refractivity contribution < 1.29 is 14.3 Å². The molecular weight excluding hydrogens is 486 g/mol. The number of aromatic nitrogens is 1. The number of piperidine rings is 1. The third-order valence-corrected chi connectivity index (χ3v) is 7.84. The minimum absolute atomic E-state index is 0.0979. The predicted octanol–water partition coefficient (Wildman–Crippen LogP) is 5.46. The van der Waals surface area contributed by atoms with E-state index in [1.807, 2.05) is 60.7 Å². The number of carbonyl (C=O) groups excluding carboxylic acids is 2. The summed E-state index contributed by atoms with van der Waals surface area (Å²) in [6.07, 6.45) is 3.70. The fourth-order valence-corrected chi connectivity index (χ4v) is 5.98. The van der Waals surface area contributed by atoms with E-state index in [0.29, 0.717) is 17.1 Å².